The fourth-order valence-corrected chi connectivity index (χ4v) is 6.02. The lowest BCUT2D eigenvalue weighted by molar-refractivity contribution is -0.0553. The Kier molecular flexibility index (Phi) is 5.92. The highest BCUT2D eigenvalue weighted by Gasteiger charge is 2.43. The summed E-state index contributed by atoms with van der Waals surface area (Å²) in [5, 5.41) is 12.9. The van der Waals surface area contributed by atoms with Crippen LogP contribution in [0.1, 0.15) is 56.1 Å². The van der Waals surface area contributed by atoms with Crippen molar-refractivity contribution < 1.29 is 14.3 Å². The Morgan fingerprint density at radius 3 is 2.68 bits per heavy atom. The van der Waals surface area contributed by atoms with E-state index in [-0.39, 0.29) is 11.6 Å². The average Bonchev–Trinajstić information content (AvgIpc) is 3.37. The highest BCUT2D eigenvalue weighted by molar-refractivity contribution is 6.30. The van der Waals surface area contributed by atoms with Crippen LogP contribution in [-0.2, 0) is 34.5 Å². The number of nitrogens with one attached hydrogen (secondary N) is 1. The molecule has 9 heteroatoms. The van der Waals surface area contributed by atoms with Crippen molar-refractivity contribution in [1.82, 2.24) is 20.1 Å². The maximum absolute atomic E-state index is 12.6. The first kappa shape index (κ1) is 24.2. The van der Waals surface area contributed by atoms with E-state index < -0.39 is 11.7 Å². The second-order valence-corrected chi connectivity index (χ2v) is 11.6. The monoisotopic (exact) mass is 521 g/mol. The summed E-state index contributed by atoms with van der Waals surface area (Å²) < 4.78 is 14.0. The molecule has 8 nitrogen and oxygen atoms in total. The lowest BCUT2D eigenvalue weighted by atomic mass is 9.84. The van der Waals surface area contributed by atoms with Crippen LogP contribution in [-0.4, -0.2) is 45.6 Å². The summed E-state index contributed by atoms with van der Waals surface area (Å²) >= 11 is 6.39. The van der Waals surface area contributed by atoms with Gasteiger partial charge in [0.2, 0.25) is 5.95 Å². The Hall–Kier alpha value is -3.10. The maximum atomic E-state index is 12.6. The fourth-order valence-electron chi connectivity index (χ4n) is 5.83. The van der Waals surface area contributed by atoms with E-state index in [1.807, 2.05) is 39.0 Å². The van der Waals surface area contributed by atoms with E-state index in [9.17, 15) is 4.79 Å². The zero-order valence-electron chi connectivity index (χ0n) is 21.5. The SMILES string of the molecule is CC(C)(C)OC(=O)NC1Cc2cc(Cl)ccc2-n2c(nnc2N2CCC3(CC2)OCc2ccccc23)C1. The molecule has 6 rings (SSSR count). The standard InChI is InChI=1S/C28H32ClN5O3/c1-27(2,3)37-26(35)30-21-15-19-14-20(29)8-9-23(19)34-24(16-21)31-32-25(34)33-12-10-28(11-13-33)22-7-5-4-6-18(22)17-36-28/h4-9,14,21H,10-13,15-17H2,1-3H3,(H,30,35). The third-order valence-corrected chi connectivity index (χ3v) is 7.71. The molecule has 194 valence electrons. The van der Waals surface area contributed by atoms with Gasteiger partial charge in [-0.3, -0.25) is 4.57 Å². The van der Waals surface area contributed by atoms with Gasteiger partial charge >= 0.3 is 6.09 Å². The van der Waals surface area contributed by atoms with Crippen LogP contribution < -0.4 is 10.2 Å². The molecule has 1 aromatic heterocycles. The minimum absolute atomic E-state index is 0.196. The summed E-state index contributed by atoms with van der Waals surface area (Å²) in [6.45, 7) is 7.88. The molecule has 0 saturated carbocycles. The zero-order valence-corrected chi connectivity index (χ0v) is 22.2. The van der Waals surface area contributed by atoms with E-state index in [0.29, 0.717) is 24.5 Å². The lowest BCUT2D eigenvalue weighted by Gasteiger charge is -2.39. The molecule has 3 aliphatic heterocycles. The molecule has 3 aromatic rings. The van der Waals surface area contributed by atoms with Crippen molar-refractivity contribution in [2.45, 2.75) is 70.3 Å². The minimum Gasteiger partial charge on any atom is -0.444 e. The maximum Gasteiger partial charge on any atom is 0.407 e. The van der Waals surface area contributed by atoms with Crippen molar-refractivity contribution in [3.8, 4) is 5.69 Å². The molecular formula is C28H32ClN5O3. The van der Waals surface area contributed by atoms with Crippen molar-refractivity contribution >= 4 is 23.6 Å². The fraction of sp³-hybridized carbons (Fsp3) is 0.464. The number of hydrogen-bond acceptors (Lipinski definition) is 6. The number of amides is 1. The summed E-state index contributed by atoms with van der Waals surface area (Å²) in [5.74, 6) is 1.62. The number of ether oxygens (including phenoxy) is 2. The third-order valence-electron chi connectivity index (χ3n) is 7.48. The van der Waals surface area contributed by atoms with Gasteiger partial charge in [0.15, 0.2) is 0 Å². The van der Waals surface area contributed by atoms with Crippen LogP contribution in [0.2, 0.25) is 5.02 Å². The summed E-state index contributed by atoms with van der Waals surface area (Å²) in [6.07, 6.45) is 2.50. The molecule has 1 spiro atoms. The third kappa shape index (κ3) is 4.57. The van der Waals surface area contributed by atoms with Crippen LogP contribution in [0.25, 0.3) is 5.69 Å². The Morgan fingerprint density at radius 1 is 1.11 bits per heavy atom. The molecule has 0 radical (unpaired) electrons. The van der Waals surface area contributed by atoms with E-state index in [1.165, 1.54) is 11.1 Å². The van der Waals surface area contributed by atoms with Crippen LogP contribution in [0.15, 0.2) is 42.5 Å². The van der Waals surface area contributed by atoms with E-state index in [4.69, 9.17) is 21.1 Å². The smallest absolute Gasteiger partial charge is 0.407 e. The second kappa shape index (κ2) is 9.03. The van der Waals surface area contributed by atoms with Gasteiger partial charge in [0.05, 0.1) is 17.9 Å². The number of carbonyl (C=O) groups excluding carboxylic acids is 1. The topological polar surface area (TPSA) is 81.5 Å². The Bertz CT molecular complexity index is 1340. The van der Waals surface area contributed by atoms with Crippen LogP contribution >= 0.6 is 11.6 Å². The minimum atomic E-state index is -0.571. The predicted octanol–water partition coefficient (Wildman–Crippen LogP) is 4.94. The van der Waals surface area contributed by atoms with Gasteiger partial charge < -0.3 is 19.7 Å². The van der Waals surface area contributed by atoms with Gasteiger partial charge in [0.25, 0.3) is 0 Å². The van der Waals surface area contributed by atoms with E-state index in [2.05, 4.69) is 49.2 Å². The molecule has 1 fully saturated rings. The second-order valence-electron chi connectivity index (χ2n) is 11.2. The zero-order chi connectivity index (χ0) is 25.8. The molecule has 0 bridgehead atoms. The predicted molar refractivity (Wildman–Crippen MR) is 141 cm³/mol. The number of hydrogen-bond donors (Lipinski definition) is 1. The number of rotatable bonds is 2. The van der Waals surface area contributed by atoms with Crippen LogP contribution in [0.4, 0.5) is 10.7 Å². The average molecular weight is 522 g/mol. The molecule has 1 N–H and O–H groups in total. The van der Waals surface area contributed by atoms with Crippen molar-refractivity contribution in [2.24, 2.45) is 0 Å². The van der Waals surface area contributed by atoms with E-state index in [0.717, 1.165) is 49.0 Å². The van der Waals surface area contributed by atoms with Gasteiger partial charge in [-0.15, -0.1) is 10.2 Å². The van der Waals surface area contributed by atoms with Gasteiger partial charge in [0.1, 0.15) is 11.4 Å². The molecular weight excluding hydrogens is 490 g/mol. The van der Waals surface area contributed by atoms with Crippen molar-refractivity contribution in [1.29, 1.82) is 0 Å². The molecule has 0 aliphatic carbocycles. The number of piperidine rings is 1. The largest absolute Gasteiger partial charge is 0.444 e. The van der Waals surface area contributed by atoms with E-state index >= 15 is 0 Å². The number of anilines is 1. The molecule has 2 aromatic carbocycles. The first-order valence-corrected chi connectivity index (χ1v) is 13.3. The van der Waals surface area contributed by atoms with Gasteiger partial charge in [-0.05, 0) is 74.9 Å². The first-order valence-electron chi connectivity index (χ1n) is 12.9. The summed E-state index contributed by atoms with van der Waals surface area (Å²) in [7, 11) is 0. The highest BCUT2D eigenvalue weighted by atomic mass is 35.5. The Morgan fingerprint density at radius 2 is 1.89 bits per heavy atom. The number of nitrogens with zero attached hydrogens (tertiary/aromatic N) is 4. The summed E-state index contributed by atoms with van der Waals surface area (Å²) in [6, 6.07) is 14.2. The molecule has 3 aliphatic rings. The Labute approximate surface area is 221 Å². The first-order chi connectivity index (χ1) is 17.7. The normalized spacial score (nSPS) is 20.1. The van der Waals surface area contributed by atoms with E-state index in [1.54, 1.807) is 0 Å². The molecule has 4 heterocycles. The number of aromatic nitrogens is 3. The molecule has 37 heavy (non-hydrogen) atoms. The summed E-state index contributed by atoms with van der Waals surface area (Å²) in [4.78, 5) is 14.9. The number of carbonyl (C=O) groups is 1. The van der Waals surface area contributed by atoms with Gasteiger partial charge in [0, 0.05) is 30.6 Å². The molecule has 1 atom stereocenters. The number of benzene rings is 2. The van der Waals surface area contributed by atoms with Crippen molar-refractivity contribution in [2.75, 3.05) is 18.0 Å². The van der Waals surface area contributed by atoms with Crippen molar-refractivity contribution in [3.05, 3.63) is 70.0 Å². The Balaban J connectivity index is 1.28. The molecule has 1 unspecified atom stereocenters. The van der Waals surface area contributed by atoms with Crippen LogP contribution in [0, 0.1) is 0 Å². The number of halogens is 1. The van der Waals surface area contributed by atoms with Crippen LogP contribution in [0.3, 0.4) is 0 Å². The van der Waals surface area contributed by atoms with Gasteiger partial charge in [-0.2, -0.15) is 0 Å². The molecule has 1 saturated heterocycles. The lowest BCUT2D eigenvalue weighted by Crippen LogP contribution is -2.43. The quantitative estimate of drug-likeness (QED) is 0.514. The highest BCUT2D eigenvalue weighted by Crippen LogP contribution is 2.45. The molecule has 1 amide bonds. The van der Waals surface area contributed by atoms with Crippen LogP contribution in [0.5, 0.6) is 0 Å². The van der Waals surface area contributed by atoms with Gasteiger partial charge in [-0.1, -0.05) is 35.9 Å². The number of fused-ring (bicyclic) bond motifs is 5. The summed E-state index contributed by atoms with van der Waals surface area (Å²) in [5.41, 5.74) is 3.86. The number of alkyl carbamates (subject to hydrolysis) is 1. The van der Waals surface area contributed by atoms with Gasteiger partial charge in [-0.25, -0.2) is 4.79 Å². The van der Waals surface area contributed by atoms with Crippen molar-refractivity contribution in [3.63, 3.8) is 0 Å².